The fourth-order valence-electron chi connectivity index (χ4n) is 3.27. The lowest BCUT2D eigenvalue weighted by Crippen LogP contribution is -2.21. The first kappa shape index (κ1) is 25.3. The van der Waals surface area contributed by atoms with Crippen molar-refractivity contribution < 1.29 is 23.9 Å². The summed E-state index contributed by atoms with van der Waals surface area (Å²) in [5.41, 5.74) is 3.23. The summed E-state index contributed by atoms with van der Waals surface area (Å²) in [5.74, 6) is -1.15. The number of carbonyl (C=O) groups is 3. The number of anilines is 2. The van der Waals surface area contributed by atoms with Crippen LogP contribution in [0, 0.1) is 20.8 Å². The molecule has 9 heteroatoms. The van der Waals surface area contributed by atoms with Crippen molar-refractivity contribution in [1.82, 2.24) is 0 Å². The molecule has 2 N–H and O–H groups in total. The van der Waals surface area contributed by atoms with Gasteiger partial charge in [-0.05, 0) is 57.0 Å². The molecule has 2 aromatic carbocycles. The van der Waals surface area contributed by atoms with E-state index < -0.39 is 11.9 Å². The molecule has 0 atom stereocenters. The van der Waals surface area contributed by atoms with E-state index in [0.29, 0.717) is 26.9 Å². The lowest BCUT2D eigenvalue weighted by molar-refractivity contribution is -0.118. The monoisotopic (exact) mass is 500 g/mol. The van der Waals surface area contributed by atoms with Crippen LogP contribution < -0.4 is 15.4 Å². The predicted octanol–water partition coefficient (Wildman–Crippen LogP) is 5.77. The number of halogens is 1. The Morgan fingerprint density at radius 1 is 1.03 bits per heavy atom. The molecule has 0 unspecified atom stereocenters. The van der Waals surface area contributed by atoms with Crippen LogP contribution >= 0.6 is 22.9 Å². The van der Waals surface area contributed by atoms with Gasteiger partial charge in [0.25, 0.3) is 11.8 Å². The van der Waals surface area contributed by atoms with E-state index in [-0.39, 0.29) is 29.7 Å². The molecule has 0 saturated carbocycles. The van der Waals surface area contributed by atoms with Gasteiger partial charge in [0.1, 0.15) is 10.8 Å². The average Bonchev–Trinajstić information content (AvgIpc) is 3.11. The fraction of sp³-hybridized carbons (Fsp3) is 0.240. The molecule has 0 fully saturated rings. The second-order valence-corrected chi connectivity index (χ2v) is 8.95. The summed E-state index contributed by atoms with van der Waals surface area (Å²) in [6.07, 6.45) is 0. The fourth-order valence-corrected chi connectivity index (χ4v) is 4.56. The van der Waals surface area contributed by atoms with Gasteiger partial charge in [0.15, 0.2) is 6.61 Å². The first-order valence-electron chi connectivity index (χ1n) is 10.6. The third-order valence-corrected chi connectivity index (χ3v) is 6.43. The summed E-state index contributed by atoms with van der Waals surface area (Å²) >= 11 is 7.06. The summed E-state index contributed by atoms with van der Waals surface area (Å²) < 4.78 is 10.6. The molecule has 0 aliphatic heterocycles. The van der Waals surface area contributed by atoms with Gasteiger partial charge in [0, 0.05) is 5.69 Å². The van der Waals surface area contributed by atoms with Crippen molar-refractivity contribution in [3.63, 3.8) is 0 Å². The number of ether oxygens (including phenoxy) is 2. The summed E-state index contributed by atoms with van der Waals surface area (Å²) in [4.78, 5) is 38.5. The van der Waals surface area contributed by atoms with Crippen LogP contribution in [0.3, 0.4) is 0 Å². The maximum absolute atomic E-state index is 13.0. The van der Waals surface area contributed by atoms with E-state index in [1.54, 1.807) is 38.1 Å². The first-order valence-corrected chi connectivity index (χ1v) is 11.8. The minimum Gasteiger partial charge on any atom is -0.482 e. The molecule has 0 saturated heterocycles. The highest BCUT2D eigenvalue weighted by atomic mass is 35.5. The maximum Gasteiger partial charge on any atom is 0.341 e. The zero-order valence-electron chi connectivity index (χ0n) is 19.3. The van der Waals surface area contributed by atoms with Gasteiger partial charge in [0.05, 0.1) is 22.1 Å². The summed E-state index contributed by atoms with van der Waals surface area (Å²) in [5, 5.41) is 6.14. The van der Waals surface area contributed by atoms with Crippen LogP contribution in [0.25, 0.3) is 0 Å². The first-order chi connectivity index (χ1) is 16.2. The van der Waals surface area contributed by atoms with E-state index in [9.17, 15) is 14.4 Å². The standard InChI is InChI=1S/C25H25ClN2O5S/c1-5-32-25(31)21-16(4)22(23(30)27-18-11-10-14(2)12-15(18)3)34-24(21)28-20(29)13-33-19-9-7-6-8-17(19)26/h6-12H,5,13H2,1-4H3,(H,27,30)(H,28,29). The van der Waals surface area contributed by atoms with Crippen molar-refractivity contribution in [3.05, 3.63) is 74.6 Å². The average molecular weight is 501 g/mol. The predicted molar refractivity (Wildman–Crippen MR) is 134 cm³/mol. The van der Waals surface area contributed by atoms with Crippen LogP contribution in [-0.2, 0) is 9.53 Å². The Balaban J connectivity index is 1.83. The molecular weight excluding hydrogens is 476 g/mol. The molecular formula is C25H25ClN2O5S. The van der Waals surface area contributed by atoms with Gasteiger partial charge in [0.2, 0.25) is 0 Å². The summed E-state index contributed by atoms with van der Waals surface area (Å²) in [6.45, 7) is 7.03. The van der Waals surface area contributed by atoms with Crippen molar-refractivity contribution >= 4 is 51.4 Å². The van der Waals surface area contributed by atoms with Crippen molar-refractivity contribution in [2.75, 3.05) is 23.8 Å². The highest BCUT2D eigenvalue weighted by molar-refractivity contribution is 7.19. The van der Waals surface area contributed by atoms with E-state index in [4.69, 9.17) is 21.1 Å². The molecule has 178 valence electrons. The molecule has 34 heavy (non-hydrogen) atoms. The van der Waals surface area contributed by atoms with Crippen LogP contribution in [0.15, 0.2) is 42.5 Å². The second-order valence-electron chi connectivity index (χ2n) is 7.52. The molecule has 0 aliphatic rings. The number of benzene rings is 2. The summed E-state index contributed by atoms with van der Waals surface area (Å²) in [6, 6.07) is 12.5. The zero-order valence-corrected chi connectivity index (χ0v) is 20.9. The smallest absolute Gasteiger partial charge is 0.341 e. The van der Waals surface area contributed by atoms with E-state index in [1.807, 2.05) is 32.0 Å². The van der Waals surface area contributed by atoms with Crippen LogP contribution in [0.2, 0.25) is 5.02 Å². The van der Waals surface area contributed by atoms with Crippen molar-refractivity contribution in [2.45, 2.75) is 27.7 Å². The van der Waals surface area contributed by atoms with E-state index in [0.717, 1.165) is 22.5 Å². The molecule has 7 nitrogen and oxygen atoms in total. The highest BCUT2D eigenvalue weighted by Crippen LogP contribution is 2.34. The molecule has 0 bridgehead atoms. The molecule has 1 aromatic heterocycles. The van der Waals surface area contributed by atoms with Gasteiger partial charge in [-0.15, -0.1) is 11.3 Å². The molecule has 0 radical (unpaired) electrons. The molecule has 3 aromatic rings. The SMILES string of the molecule is CCOC(=O)c1c(NC(=O)COc2ccccc2Cl)sc(C(=O)Nc2ccc(C)cc2C)c1C. The van der Waals surface area contributed by atoms with Gasteiger partial charge in [-0.1, -0.05) is 41.4 Å². The largest absolute Gasteiger partial charge is 0.482 e. The van der Waals surface area contributed by atoms with Crippen LogP contribution in [0.5, 0.6) is 5.75 Å². The van der Waals surface area contributed by atoms with Gasteiger partial charge in [-0.2, -0.15) is 0 Å². The van der Waals surface area contributed by atoms with Gasteiger partial charge < -0.3 is 20.1 Å². The lowest BCUT2D eigenvalue weighted by Gasteiger charge is -2.09. The van der Waals surface area contributed by atoms with Crippen LogP contribution in [-0.4, -0.2) is 31.0 Å². The number of nitrogens with one attached hydrogen (secondary N) is 2. The Labute approximate surface area is 207 Å². The van der Waals surface area contributed by atoms with Crippen LogP contribution in [0.4, 0.5) is 10.7 Å². The third kappa shape index (κ3) is 5.95. The van der Waals surface area contributed by atoms with Gasteiger partial charge in [-0.25, -0.2) is 4.79 Å². The Bertz CT molecular complexity index is 1240. The Kier molecular flexibility index (Phi) is 8.31. The minimum atomic E-state index is -0.621. The number of thiophene rings is 1. The third-order valence-electron chi connectivity index (χ3n) is 4.91. The molecule has 3 rings (SSSR count). The quantitative estimate of drug-likeness (QED) is 0.383. The van der Waals surface area contributed by atoms with Crippen LogP contribution in [0.1, 0.15) is 43.6 Å². The Hall–Kier alpha value is -3.36. The van der Waals surface area contributed by atoms with Crippen molar-refractivity contribution in [1.29, 1.82) is 0 Å². The number of hydrogen-bond acceptors (Lipinski definition) is 6. The lowest BCUT2D eigenvalue weighted by atomic mass is 10.1. The van der Waals surface area contributed by atoms with Gasteiger partial charge >= 0.3 is 5.97 Å². The number of para-hydroxylation sites is 1. The zero-order chi connectivity index (χ0) is 24.8. The topological polar surface area (TPSA) is 93.7 Å². The van der Waals surface area contributed by atoms with E-state index >= 15 is 0 Å². The van der Waals surface area contributed by atoms with Crippen molar-refractivity contribution in [2.24, 2.45) is 0 Å². The Morgan fingerprint density at radius 3 is 2.44 bits per heavy atom. The maximum atomic E-state index is 13.0. The number of hydrogen-bond donors (Lipinski definition) is 2. The Morgan fingerprint density at radius 2 is 1.76 bits per heavy atom. The molecule has 0 spiro atoms. The molecule has 0 aliphatic carbocycles. The highest BCUT2D eigenvalue weighted by Gasteiger charge is 2.27. The summed E-state index contributed by atoms with van der Waals surface area (Å²) in [7, 11) is 0. The normalized spacial score (nSPS) is 10.5. The number of esters is 1. The second kappa shape index (κ2) is 11.2. The number of rotatable bonds is 8. The number of carbonyl (C=O) groups excluding carboxylic acids is 3. The number of aryl methyl sites for hydroxylation is 2. The van der Waals surface area contributed by atoms with Crippen molar-refractivity contribution in [3.8, 4) is 5.75 Å². The van der Waals surface area contributed by atoms with Gasteiger partial charge in [-0.3, -0.25) is 9.59 Å². The van der Waals surface area contributed by atoms with E-state index in [2.05, 4.69) is 10.6 Å². The molecule has 1 heterocycles. The number of amides is 2. The minimum absolute atomic E-state index is 0.142. The molecule has 2 amide bonds. The van der Waals surface area contributed by atoms with E-state index in [1.165, 1.54) is 0 Å².